The summed E-state index contributed by atoms with van der Waals surface area (Å²) < 4.78 is 24.9. The Morgan fingerprint density at radius 1 is 0.975 bits per heavy atom. The molecule has 10 heteroatoms. The van der Waals surface area contributed by atoms with Gasteiger partial charge in [-0.15, -0.1) is 0 Å². The standard InChI is InChI=1S/C30H28FN3O6/c1-30(2,3)40-29(38)32-15-18-8-20(13-25(31)9-18)21-10-22(24-16-33-39-17-24)12-23(11-21)28(37)34-26-7-5-4-6-19(26)14-27(35)36/h4-13,16-17H,14-15H2,1-3H3,(H,32,38)(H,34,37)(H,35,36). The summed E-state index contributed by atoms with van der Waals surface area (Å²) in [5.74, 6) is -2.04. The van der Waals surface area contributed by atoms with E-state index < -0.39 is 29.4 Å². The zero-order chi connectivity index (χ0) is 28.9. The lowest BCUT2D eigenvalue weighted by Gasteiger charge is -2.19. The molecule has 1 heterocycles. The highest BCUT2D eigenvalue weighted by Crippen LogP contribution is 2.30. The van der Waals surface area contributed by atoms with E-state index in [1.165, 1.54) is 24.6 Å². The second-order valence-electron chi connectivity index (χ2n) is 10.1. The van der Waals surface area contributed by atoms with E-state index in [0.717, 1.165) is 0 Å². The molecule has 0 saturated heterocycles. The molecule has 206 valence electrons. The summed E-state index contributed by atoms with van der Waals surface area (Å²) in [4.78, 5) is 36.7. The number of anilines is 1. The Bertz CT molecular complexity index is 1540. The number of hydrogen-bond donors (Lipinski definition) is 3. The Labute approximate surface area is 230 Å². The minimum Gasteiger partial charge on any atom is -0.481 e. The Morgan fingerprint density at radius 2 is 1.68 bits per heavy atom. The van der Waals surface area contributed by atoms with Crippen LogP contribution in [0.3, 0.4) is 0 Å². The van der Waals surface area contributed by atoms with Crippen LogP contribution in [-0.2, 0) is 22.5 Å². The van der Waals surface area contributed by atoms with Gasteiger partial charge in [-0.1, -0.05) is 23.4 Å². The van der Waals surface area contributed by atoms with Gasteiger partial charge in [-0.3, -0.25) is 9.59 Å². The highest BCUT2D eigenvalue weighted by Gasteiger charge is 2.17. The van der Waals surface area contributed by atoms with Gasteiger partial charge in [0.25, 0.3) is 5.91 Å². The largest absolute Gasteiger partial charge is 0.481 e. The van der Waals surface area contributed by atoms with Gasteiger partial charge in [0, 0.05) is 23.4 Å². The van der Waals surface area contributed by atoms with Crippen molar-refractivity contribution in [3.05, 3.63) is 95.6 Å². The molecule has 4 rings (SSSR count). The van der Waals surface area contributed by atoms with Gasteiger partial charge in [0.2, 0.25) is 0 Å². The fourth-order valence-electron chi connectivity index (χ4n) is 4.00. The van der Waals surface area contributed by atoms with Gasteiger partial charge in [0.1, 0.15) is 17.7 Å². The number of nitrogens with zero attached hydrogens (tertiary/aromatic N) is 1. The first kappa shape index (κ1) is 28.0. The second-order valence-corrected chi connectivity index (χ2v) is 10.1. The third kappa shape index (κ3) is 7.53. The van der Waals surface area contributed by atoms with Crippen molar-refractivity contribution in [3.8, 4) is 22.3 Å². The van der Waals surface area contributed by atoms with Gasteiger partial charge in [-0.2, -0.15) is 0 Å². The lowest BCUT2D eigenvalue weighted by Crippen LogP contribution is -2.32. The predicted molar refractivity (Wildman–Crippen MR) is 146 cm³/mol. The van der Waals surface area contributed by atoms with E-state index in [-0.39, 0.29) is 18.5 Å². The molecule has 9 nitrogen and oxygen atoms in total. The molecule has 0 saturated carbocycles. The molecule has 1 aromatic heterocycles. The highest BCUT2D eigenvalue weighted by molar-refractivity contribution is 6.06. The van der Waals surface area contributed by atoms with E-state index in [1.807, 2.05) is 0 Å². The molecule has 0 fully saturated rings. The molecule has 0 bridgehead atoms. The van der Waals surface area contributed by atoms with Gasteiger partial charge in [0.05, 0.1) is 12.6 Å². The molecule has 3 aromatic carbocycles. The summed E-state index contributed by atoms with van der Waals surface area (Å²) in [7, 11) is 0. The number of rotatable bonds is 8. The number of carbonyl (C=O) groups excluding carboxylic acids is 2. The van der Waals surface area contributed by atoms with Crippen molar-refractivity contribution >= 4 is 23.7 Å². The normalized spacial score (nSPS) is 11.1. The van der Waals surface area contributed by atoms with Crippen LogP contribution in [0.1, 0.15) is 42.3 Å². The number of para-hydroxylation sites is 1. The molecule has 3 N–H and O–H groups in total. The number of carboxylic acids is 1. The van der Waals surface area contributed by atoms with E-state index in [2.05, 4.69) is 15.8 Å². The molecule has 2 amide bonds. The van der Waals surface area contributed by atoms with Crippen LogP contribution in [0.15, 0.2) is 77.6 Å². The first-order chi connectivity index (χ1) is 19.0. The van der Waals surface area contributed by atoms with Crippen LogP contribution in [0.25, 0.3) is 22.3 Å². The summed E-state index contributed by atoms with van der Waals surface area (Å²) in [6.07, 6.45) is 2.02. The van der Waals surface area contributed by atoms with Gasteiger partial charge < -0.3 is 25.0 Å². The number of amides is 2. The topological polar surface area (TPSA) is 131 Å². The molecule has 40 heavy (non-hydrogen) atoms. The van der Waals surface area contributed by atoms with Crippen molar-refractivity contribution < 1.29 is 33.1 Å². The maximum atomic E-state index is 14.7. The smallest absolute Gasteiger partial charge is 0.407 e. The van der Waals surface area contributed by atoms with E-state index >= 15 is 0 Å². The average molecular weight is 546 g/mol. The molecule has 0 atom stereocenters. The van der Waals surface area contributed by atoms with Crippen molar-refractivity contribution in [3.63, 3.8) is 0 Å². The number of carboxylic acid groups (broad SMARTS) is 1. The SMILES string of the molecule is CC(C)(C)OC(=O)NCc1cc(F)cc(-c2cc(C(=O)Nc3ccccc3CC(=O)O)cc(-c3cnoc3)c2)c1. The lowest BCUT2D eigenvalue weighted by atomic mass is 9.96. The van der Waals surface area contributed by atoms with Crippen LogP contribution in [0.5, 0.6) is 0 Å². The third-order valence-corrected chi connectivity index (χ3v) is 5.69. The number of aliphatic carboxylic acids is 1. The summed E-state index contributed by atoms with van der Waals surface area (Å²) in [6.45, 7) is 5.26. The second kappa shape index (κ2) is 11.8. The number of nitrogens with one attached hydrogen (secondary N) is 2. The van der Waals surface area contributed by atoms with Crippen LogP contribution in [-0.4, -0.2) is 33.8 Å². The van der Waals surface area contributed by atoms with Crippen LogP contribution in [0.4, 0.5) is 14.9 Å². The van der Waals surface area contributed by atoms with Crippen molar-refractivity contribution in [1.29, 1.82) is 0 Å². The predicted octanol–water partition coefficient (Wildman–Crippen LogP) is 6.05. The van der Waals surface area contributed by atoms with Crippen LogP contribution in [0, 0.1) is 5.82 Å². The summed E-state index contributed by atoms with van der Waals surface area (Å²) in [6, 6.07) is 16.0. The third-order valence-electron chi connectivity index (χ3n) is 5.69. The molecular formula is C30H28FN3O6. The Hall–Kier alpha value is -4.99. The maximum Gasteiger partial charge on any atom is 0.407 e. The van der Waals surface area contributed by atoms with E-state index in [9.17, 15) is 23.9 Å². The van der Waals surface area contributed by atoms with E-state index in [4.69, 9.17) is 9.26 Å². The van der Waals surface area contributed by atoms with Crippen molar-refractivity contribution in [2.45, 2.75) is 39.3 Å². The van der Waals surface area contributed by atoms with Crippen molar-refractivity contribution in [2.75, 3.05) is 5.32 Å². The molecule has 0 aliphatic carbocycles. The summed E-state index contributed by atoms with van der Waals surface area (Å²) >= 11 is 0. The Kier molecular flexibility index (Phi) is 8.28. The number of ether oxygens (including phenoxy) is 1. The summed E-state index contributed by atoms with van der Waals surface area (Å²) in [5.41, 5.74) is 3.08. The number of carbonyl (C=O) groups is 3. The Morgan fingerprint density at radius 3 is 2.35 bits per heavy atom. The van der Waals surface area contributed by atoms with E-state index in [0.29, 0.717) is 39.1 Å². The zero-order valence-corrected chi connectivity index (χ0v) is 22.2. The molecule has 0 aliphatic heterocycles. The number of halogens is 1. The highest BCUT2D eigenvalue weighted by atomic mass is 19.1. The molecular weight excluding hydrogens is 517 g/mol. The Balaban J connectivity index is 1.67. The van der Waals surface area contributed by atoms with Gasteiger partial charge >= 0.3 is 12.1 Å². The molecule has 4 aromatic rings. The van der Waals surface area contributed by atoms with Crippen LogP contribution >= 0.6 is 0 Å². The first-order valence-electron chi connectivity index (χ1n) is 12.4. The maximum absolute atomic E-state index is 14.7. The number of aromatic nitrogens is 1. The quantitative estimate of drug-likeness (QED) is 0.246. The first-order valence-corrected chi connectivity index (χ1v) is 12.4. The van der Waals surface area contributed by atoms with Gasteiger partial charge in [-0.05, 0) is 91.1 Å². The van der Waals surface area contributed by atoms with Gasteiger partial charge in [-0.25, -0.2) is 9.18 Å². The van der Waals surface area contributed by atoms with Gasteiger partial charge in [0.15, 0.2) is 0 Å². The number of alkyl carbamates (subject to hydrolysis) is 1. The summed E-state index contributed by atoms with van der Waals surface area (Å²) in [5, 5.41) is 18.4. The molecule has 0 spiro atoms. The molecule has 0 aliphatic rings. The van der Waals surface area contributed by atoms with Crippen molar-refractivity contribution in [1.82, 2.24) is 10.5 Å². The number of hydrogen-bond acceptors (Lipinski definition) is 6. The molecule has 0 radical (unpaired) electrons. The zero-order valence-electron chi connectivity index (χ0n) is 22.2. The van der Waals surface area contributed by atoms with E-state index in [1.54, 1.807) is 69.3 Å². The average Bonchev–Trinajstić information content (AvgIpc) is 3.42. The fraction of sp³-hybridized carbons (Fsp3) is 0.200. The van der Waals surface area contributed by atoms with Crippen LogP contribution < -0.4 is 10.6 Å². The monoisotopic (exact) mass is 545 g/mol. The van der Waals surface area contributed by atoms with Crippen LogP contribution in [0.2, 0.25) is 0 Å². The minimum absolute atomic E-state index is 0.0265. The minimum atomic E-state index is -1.03. The lowest BCUT2D eigenvalue weighted by molar-refractivity contribution is -0.136. The fourth-order valence-corrected chi connectivity index (χ4v) is 4.00. The number of benzene rings is 3. The van der Waals surface area contributed by atoms with Crippen molar-refractivity contribution in [2.24, 2.45) is 0 Å². The molecule has 0 unspecified atom stereocenters.